The predicted octanol–water partition coefficient (Wildman–Crippen LogP) is 3.23. The van der Waals surface area contributed by atoms with Crippen LogP contribution in [0, 0.1) is 6.92 Å². The molecule has 0 amide bonds. The number of rotatable bonds is 6. The molecule has 1 aliphatic heterocycles. The molecule has 1 aromatic carbocycles. The lowest BCUT2D eigenvalue weighted by molar-refractivity contribution is 0.0317. The second-order valence-electron chi connectivity index (χ2n) is 5.66. The summed E-state index contributed by atoms with van der Waals surface area (Å²) in [5.41, 5.74) is 2.43. The van der Waals surface area contributed by atoms with Gasteiger partial charge in [-0.1, -0.05) is 6.92 Å². The molecule has 0 spiro atoms. The van der Waals surface area contributed by atoms with Crippen molar-refractivity contribution in [3.63, 3.8) is 0 Å². The van der Waals surface area contributed by atoms with Crippen LogP contribution < -0.4 is 14.8 Å². The third-order valence-corrected chi connectivity index (χ3v) is 4.17. The Hall–Kier alpha value is -1.26. The van der Waals surface area contributed by atoms with Gasteiger partial charge < -0.3 is 19.5 Å². The largest absolute Gasteiger partial charge is 0.493 e. The average Bonchev–Trinajstić information content (AvgIpc) is 2.91. The minimum Gasteiger partial charge on any atom is -0.493 e. The molecule has 0 aliphatic carbocycles. The molecule has 0 radical (unpaired) electrons. The molecule has 4 nitrogen and oxygen atoms in total. The molecule has 0 bridgehead atoms. The van der Waals surface area contributed by atoms with Crippen molar-refractivity contribution in [3.05, 3.63) is 23.3 Å². The van der Waals surface area contributed by atoms with Crippen molar-refractivity contribution in [3.8, 4) is 11.5 Å². The van der Waals surface area contributed by atoms with E-state index in [-0.39, 0.29) is 12.1 Å². The van der Waals surface area contributed by atoms with Gasteiger partial charge in [-0.05, 0) is 56.5 Å². The zero-order valence-corrected chi connectivity index (χ0v) is 13.7. The Balaban J connectivity index is 2.35. The number of likely N-dealkylation sites (N-methyl/N-ethyl adjacent to an activating group) is 1. The molecule has 1 heterocycles. The van der Waals surface area contributed by atoms with E-state index >= 15 is 0 Å². The Bertz CT molecular complexity index is 475. The van der Waals surface area contributed by atoms with Gasteiger partial charge in [0.15, 0.2) is 11.5 Å². The minimum atomic E-state index is 0.194. The molecule has 4 heteroatoms. The summed E-state index contributed by atoms with van der Waals surface area (Å²) in [5.74, 6) is 1.54. The Morgan fingerprint density at radius 2 is 1.90 bits per heavy atom. The van der Waals surface area contributed by atoms with Gasteiger partial charge in [0.2, 0.25) is 0 Å². The number of aryl methyl sites for hydroxylation is 1. The van der Waals surface area contributed by atoms with E-state index in [4.69, 9.17) is 14.2 Å². The molecular weight excluding hydrogens is 266 g/mol. The quantitative estimate of drug-likeness (QED) is 0.874. The average molecular weight is 293 g/mol. The number of ether oxygens (including phenoxy) is 3. The number of hydrogen-bond donors (Lipinski definition) is 1. The third kappa shape index (κ3) is 3.50. The van der Waals surface area contributed by atoms with Crippen molar-refractivity contribution in [1.82, 2.24) is 5.32 Å². The Labute approximate surface area is 127 Å². The third-order valence-electron chi connectivity index (χ3n) is 4.17. The second kappa shape index (κ2) is 7.14. The molecule has 3 atom stereocenters. The monoisotopic (exact) mass is 293 g/mol. The van der Waals surface area contributed by atoms with Crippen molar-refractivity contribution >= 4 is 0 Å². The molecule has 1 aromatic rings. The highest BCUT2D eigenvalue weighted by molar-refractivity contribution is 5.48. The van der Waals surface area contributed by atoms with Gasteiger partial charge in [-0.3, -0.25) is 0 Å². The molecule has 21 heavy (non-hydrogen) atoms. The van der Waals surface area contributed by atoms with E-state index in [1.165, 1.54) is 11.1 Å². The summed E-state index contributed by atoms with van der Waals surface area (Å²) in [6.07, 6.45) is 2.78. The zero-order chi connectivity index (χ0) is 15.4. The molecule has 1 fully saturated rings. The Morgan fingerprint density at radius 3 is 2.43 bits per heavy atom. The molecule has 0 saturated carbocycles. The fraction of sp³-hybridized carbons (Fsp3) is 0.647. The topological polar surface area (TPSA) is 39.7 Å². The van der Waals surface area contributed by atoms with Gasteiger partial charge in [-0.15, -0.1) is 0 Å². The predicted molar refractivity (Wildman–Crippen MR) is 84.3 cm³/mol. The van der Waals surface area contributed by atoms with Crippen LogP contribution in [0.15, 0.2) is 12.1 Å². The van der Waals surface area contributed by atoms with Crippen LogP contribution in [0.4, 0.5) is 0 Å². The molecule has 2 rings (SSSR count). The van der Waals surface area contributed by atoms with Gasteiger partial charge in [0.05, 0.1) is 32.5 Å². The Kier molecular flexibility index (Phi) is 5.48. The van der Waals surface area contributed by atoms with E-state index in [0.717, 1.165) is 30.9 Å². The first-order chi connectivity index (χ1) is 10.1. The van der Waals surface area contributed by atoms with Crippen LogP contribution >= 0.6 is 0 Å². The molecule has 1 saturated heterocycles. The molecular formula is C17H27NO3. The zero-order valence-electron chi connectivity index (χ0n) is 13.7. The lowest BCUT2D eigenvalue weighted by Crippen LogP contribution is -2.32. The van der Waals surface area contributed by atoms with E-state index in [9.17, 15) is 0 Å². The van der Waals surface area contributed by atoms with Gasteiger partial charge in [0, 0.05) is 0 Å². The first-order valence-electron chi connectivity index (χ1n) is 7.72. The lowest BCUT2D eigenvalue weighted by atomic mass is 9.94. The summed E-state index contributed by atoms with van der Waals surface area (Å²) in [7, 11) is 3.34. The normalized spacial score (nSPS) is 23.1. The second-order valence-corrected chi connectivity index (χ2v) is 5.66. The van der Waals surface area contributed by atoms with Crippen molar-refractivity contribution in [2.75, 3.05) is 20.8 Å². The fourth-order valence-corrected chi connectivity index (χ4v) is 3.07. The SMILES string of the molecule is CCNC(c1cc(OC)c(OC)cc1C)C1CCC(C)O1. The van der Waals surface area contributed by atoms with Crippen LogP contribution in [0.5, 0.6) is 11.5 Å². The van der Waals surface area contributed by atoms with E-state index in [0.29, 0.717) is 6.10 Å². The van der Waals surface area contributed by atoms with Crippen molar-refractivity contribution < 1.29 is 14.2 Å². The molecule has 0 aromatic heterocycles. The van der Waals surface area contributed by atoms with Gasteiger partial charge in [-0.2, -0.15) is 0 Å². The number of methoxy groups -OCH3 is 2. The van der Waals surface area contributed by atoms with Crippen LogP contribution in [-0.2, 0) is 4.74 Å². The van der Waals surface area contributed by atoms with Gasteiger partial charge >= 0.3 is 0 Å². The maximum Gasteiger partial charge on any atom is 0.161 e. The van der Waals surface area contributed by atoms with Crippen LogP contribution in [0.3, 0.4) is 0 Å². The lowest BCUT2D eigenvalue weighted by Gasteiger charge is -2.27. The van der Waals surface area contributed by atoms with Crippen LogP contribution in [0.1, 0.15) is 43.9 Å². The first kappa shape index (κ1) is 16.1. The minimum absolute atomic E-state index is 0.194. The van der Waals surface area contributed by atoms with Crippen molar-refractivity contribution in [2.24, 2.45) is 0 Å². The summed E-state index contributed by atoms with van der Waals surface area (Å²) in [6, 6.07) is 4.31. The van der Waals surface area contributed by atoms with Crippen LogP contribution in [0.2, 0.25) is 0 Å². The maximum atomic E-state index is 6.08. The Morgan fingerprint density at radius 1 is 1.24 bits per heavy atom. The molecule has 118 valence electrons. The molecule has 3 unspecified atom stereocenters. The summed E-state index contributed by atoms with van der Waals surface area (Å²) < 4.78 is 16.9. The van der Waals surface area contributed by atoms with Crippen LogP contribution in [0.25, 0.3) is 0 Å². The van der Waals surface area contributed by atoms with Gasteiger partial charge in [-0.25, -0.2) is 0 Å². The highest BCUT2D eigenvalue weighted by atomic mass is 16.5. The van der Waals surface area contributed by atoms with Crippen molar-refractivity contribution in [1.29, 1.82) is 0 Å². The highest BCUT2D eigenvalue weighted by Crippen LogP contribution is 2.37. The van der Waals surface area contributed by atoms with Crippen LogP contribution in [-0.4, -0.2) is 33.0 Å². The van der Waals surface area contributed by atoms with E-state index in [2.05, 4.69) is 32.2 Å². The number of benzene rings is 1. The smallest absolute Gasteiger partial charge is 0.161 e. The van der Waals surface area contributed by atoms with E-state index in [1.54, 1.807) is 14.2 Å². The summed E-state index contributed by atoms with van der Waals surface area (Å²) in [6.45, 7) is 7.29. The molecule has 1 aliphatic rings. The highest BCUT2D eigenvalue weighted by Gasteiger charge is 2.31. The van der Waals surface area contributed by atoms with Gasteiger partial charge in [0.1, 0.15) is 0 Å². The standard InChI is InChI=1S/C17H27NO3/c1-6-18-17(14-8-7-12(3)21-14)13-10-16(20-5)15(19-4)9-11(13)2/h9-10,12,14,17-18H,6-8H2,1-5H3. The summed E-state index contributed by atoms with van der Waals surface area (Å²) >= 11 is 0. The summed E-state index contributed by atoms with van der Waals surface area (Å²) in [4.78, 5) is 0. The number of nitrogens with one attached hydrogen (secondary N) is 1. The number of hydrogen-bond acceptors (Lipinski definition) is 4. The fourth-order valence-electron chi connectivity index (χ4n) is 3.07. The maximum absolute atomic E-state index is 6.08. The van der Waals surface area contributed by atoms with E-state index in [1.807, 2.05) is 6.07 Å². The van der Waals surface area contributed by atoms with Gasteiger partial charge in [0.25, 0.3) is 0 Å². The molecule has 1 N–H and O–H groups in total. The summed E-state index contributed by atoms with van der Waals surface area (Å²) in [5, 5.41) is 3.57. The van der Waals surface area contributed by atoms with E-state index < -0.39 is 0 Å². The first-order valence-corrected chi connectivity index (χ1v) is 7.72. The van der Waals surface area contributed by atoms with Crippen molar-refractivity contribution in [2.45, 2.75) is 51.9 Å².